The maximum atomic E-state index is 10.6. The van der Waals surface area contributed by atoms with E-state index in [2.05, 4.69) is 27.4 Å². The molecule has 0 aromatic carbocycles. The van der Waals surface area contributed by atoms with Gasteiger partial charge in [-0.05, 0) is 87.0 Å². The van der Waals surface area contributed by atoms with E-state index in [1.165, 1.54) is 38.5 Å². The fourth-order valence-corrected chi connectivity index (χ4v) is 5.41. The number of aliphatic hydroxyl groups excluding tert-OH is 1. The fourth-order valence-electron chi connectivity index (χ4n) is 5.41. The highest BCUT2D eigenvalue weighted by Crippen LogP contribution is 2.59. The summed E-state index contributed by atoms with van der Waals surface area (Å²) in [5.41, 5.74) is 4.99. The molecular formula is C20H32O. The second kappa shape index (κ2) is 5.57. The third kappa shape index (κ3) is 2.63. The molecule has 3 aliphatic carbocycles. The van der Waals surface area contributed by atoms with E-state index in [0.29, 0.717) is 17.3 Å². The third-order valence-electron chi connectivity index (χ3n) is 6.98. The first-order valence-electron chi connectivity index (χ1n) is 8.97. The molecular weight excluding hydrogens is 256 g/mol. The molecule has 0 spiro atoms. The lowest BCUT2D eigenvalue weighted by Crippen LogP contribution is -2.32. The molecule has 0 aromatic heterocycles. The van der Waals surface area contributed by atoms with Gasteiger partial charge in [0, 0.05) is 0 Å². The Balaban J connectivity index is 1.98. The normalized spacial score (nSPS) is 44.7. The van der Waals surface area contributed by atoms with Gasteiger partial charge in [0.1, 0.15) is 0 Å². The van der Waals surface area contributed by atoms with Gasteiger partial charge in [-0.15, -0.1) is 0 Å². The highest BCUT2D eigenvalue weighted by molar-refractivity contribution is 5.29. The molecule has 1 fully saturated rings. The summed E-state index contributed by atoms with van der Waals surface area (Å²) >= 11 is 0. The van der Waals surface area contributed by atoms with Crippen LogP contribution in [0.15, 0.2) is 23.3 Å². The van der Waals surface area contributed by atoms with Gasteiger partial charge in [-0.1, -0.05) is 31.6 Å². The molecule has 0 heterocycles. The van der Waals surface area contributed by atoms with Crippen LogP contribution in [0.5, 0.6) is 0 Å². The van der Waals surface area contributed by atoms with Gasteiger partial charge < -0.3 is 5.11 Å². The van der Waals surface area contributed by atoms with Crippen LogP contribution in [0.3, 0.4) is 0 Å². The van der Waals surface area contributed by atoms with Gasteiger partial charge in [0.2, 0.25) is 0 Å². The van der Waals surface area contributed by atoms with Crippen LogP contribution >= 0.6 is 0 Å². The summed E-state index contributed by atoms with van der Waals surface area (Å²) in [5.74, 6) is 1.89. The lowest BCUT2D eigenvalue weighted by Gasteiger charge is -2.41. The van der Waals surface area contributed by atoms with Crippen LogP contribution in [0.2, 0.25) is 0 Å². The minimum absolute atomic E-state index is 0.281. The van der Waals surface area contributed by atoms with Gasteiger partial charge in [0.05, 0.1) is 6.10 Å². The van der Waals surface area contributed by atoms with Crippen molar-refractivity contribution in [2.75, 3.05) is 0 Å². The maximum Gasteiger partial charge on any atom is 0.0750 e. The molecule has 5 atom stereocenters. The highest BCUT2D eigenvalue weighted by atomic mass is 16.3. The van der Waals surface area contributed by atoms with E-state index in [-0.39, 0.29) is 6.10 Å². The van der Waals surface area contributed by atoms with Crippen molar-refractivity contribution in [2.45, 2.75) is 78.2 Å². The number of rotatable bonds is 0. The van der Waals surface area contributed by atoms with Crippen LogP contribution in [0.1, 0.15) is 72.1 Å². The topological polar surface area (TPSA) is 20.2 Å². The van der Waals surface area contributed by atoms with E-state index in [9.17, 15) is 5.11 Å². The Kier molecular flexibility index (Phi) is 4.07. The van der Waals surface area contributed by atoms with Gasteiger partial charge in [0.15, 0.2) is 0 Å². The average molecular weight is 288 g/mol. The van der Waals surface area contributed by atoms with Gasteiger partial charge in [-0.2, -0.15) is 0 Å². The van der Waals surface area contributed by atoms with Gasteiger partial charge in [0.25, 0.3) is 0 Å². The van der Waals surface area contributed by atoms with Crippen molar-refractivity contribution >= 4 is 0 Å². The molecule has 0 aliphatic heterocycles. The van der Waals surface area contributed by atoms with Crippen molar-refractivity contribution < 1.29 is 5.11 Å². The van der Waals surface area contributed by atoms with Crippen LogP contribution in [-0.4, -0.2) is 11.2 Å². The molecule has 3 aliphatic rings. The number of hydrogen-bond donors (Lipinski definition) is 1. The van der Waals surface area contributed by atoms with Crippen LogP contribution in [0.25, 0.3) is 0 Å². The smallest absolute Gasteiger partial charge is 0.0750 e. The highest BCUT2D eigenvalue weighted by Gasteiger charge is 2.49. The summed E-state index contributed by atoms with van der Waals surface area (Å²) in [6.45, 7) is 11.6. The Bertz CT molecular complexity index is 460. The van der Waals surface area contributed by atoms with E-state index in [0.717, 1.165) is 24.3 Å². The Labute approximate surface area is 130 Å². The molecule has 3 rings (SSSR count). The first kappa shape index (κ1) is 15.3. The zero-order chi connectivity index (χ0) is 15.2. The van der Waals surface area contributed by atoms with Crippen LogP contribution in [-0.2, 0) is 0 Å². The molecule has 1 N–H and O–H groups in total. The molecule has 1 unspecified atom stereocenters. The van der Waals surface area contributed by atoms with E-state index >= 15 is 0 Å². The summed E-state index contributed by atoms with van der Waals surface area (Å²) in [7, 11) is 0. The first-order valence-corrected chi connectivity index (χ1v) is 8.97. The minimum Gasteiger partial charge on any atom is -0.389 e. The van der Waals surface area contributed by atoms with Crippen LogP contribution < -0.4 is 0 Å². The summed E-state index contributed by atoms with van der Waals surface area (Å²) in [5, 5.41) is 10.6. The zero-order valence-electron chi connectivity index (χ0n) is 14.1. The monoisotopic (exact) mass is 288 g/mol. The third-order valence-corrected chi connectivity index (χ3v) is 6.98. The molecule has 118 valence electrons. The quantitative estimate of drug-likeness (QED) is 0.603. The zero-order valence-corrected chi connectivity index (χ0v) is 14.1. The first-order chi connectivity index (χ1) is 9.92. The molecule has 0 amide bonds. The minimum atomic E-state index is -0.281. The standard InChI is InChI=1S/C20H32O/c1-13-5-7-16-9-11-20(4)12-10-17(19(20)14(16)2)15(3)18(21)8-6-13/h13,17-19,21H,3,5-12H2,1-2,4H3/t13?,17-,18-,19+,20-/m0/s1. The molecule has 1 nitrogen and oxygen atoms in total. The Morgan fingerprint density at radius 2 is 1.86 bits per heavy atom. The maximum absolute atomic E-state index is 10.6. The molecule has 21 heavy (non-hydrogen) atoms. The Morgan fingerprint density at radius 3 is 2.62 bits per heavy atom. The predicted molar refractivity (Wildman–Crippen MR) is 89.0 cm³/mol. The van der Waals surface area contributed by atoms with E-state index in [4.69, 9.17) is 0 Å². The van der Waals surface area contributed by atoms with E-state index < -0.39 is 0 Å². The van der Waals surface area contributed by atoms with Crippen LogP contribution in [0.4, 0.5) is 0 Å². The number of allylic oxidation sites excluding steroid dienone is 2. The summed E-state index contributed by atoms with van der Waals surface area (Å²) in [6.07, 6.45) is 9.55. The van der Waals surface area contributed by atoms with Gasteiger partial charge in [-0.25, -0.2) is 0 Å². The Morgan fingerprint density at radius 1 is 1.10 bits per heavy atom. The summed E-state index contributed by atoms with van der Waals surface area (Å²) in [4.78, 5) is 0. The summed E-state index contributed by atoms with van der Waals surface area (Å²) in [6, 6.07) is 0. The fraction of sp³-hybridized carbons (Fsp3) is 0.800. The molecule has 1 heteroatoms. The number of hydrogen-bond acceptors (Lipinski definition) is 1. The van der Waals surface area contributed by atoms with E-state index in [1.807, 2.05) is 0 Å². The van der Waals surface area contributed by atoms with E-state index in [1.54, 1.807) is 11.1 Å². The van der Waals surface area contributed by atoms with Crippen LogP contribution in [0, 0.1) is 23.2 Å². The molecule has 2 bridgehead atoms. The second-order valence-corrected chi connectivity index (χ2v) is 8.38. The van der Waals surface area contributed by atoms with Crippen molar-refractivity contribution in [3.05, 3.63) is 23.3 Å². The van der Waals surface area contributed by atoms with Gasteiger partial charge >= 0.3 is 0 Å². The van der Waals surface area contributed by atoms with Crippen molar-refractivity contribution in [3.63, 3.8) is 0 Å². The number of aliphatic hydroxyl groups is 1. The molecule has 0 radical (unpaired) electrons. The van der Waals surface area contributed by atoms with Crippen molar-refractivity contribution in [2.24, 2.45) is 23.2 Å². The van der Waals surface area contributed by atoms with Crippen molar-refractivity contribution in [1.29, 1.82) is 0 Å². The molecule has 1 saturated carbocycles. The van der Waals surface area contributed by atoms with Crippen molar-refractivity contribution in [3.8, 4) is 0 Å². The van der Waals surface area contributed by atoms with Crippen molar-refractivity contribution in [1.82, 2.24) is 0 Å². The van der Waals surface area contributed by atoms with Gasteiger partial charge in [-0.3, -0.25) is 0 Å². The largest absolute Gasteiger partial charge is 0.389 e. The SMILES string of the molecule is C=C1[C@@H](O)CCC(C)CCC2=C(C)[C@@H]3[C@H]1CC[C@]3(C)CC2. The molecule has 0 aromatic rings. The average Bonchev–Trinajstić information content (AvgIpc) is 2.80. The Hall–Kier alpha value is -0.560. The predicted octanol–water partition coefficient (Wildman–Crippen LogP) is 5.26. The molecule has 0 saturated heterocycles. The lowest BCUT2D eigenvalue weighted by atomic mass is 9.63. The lowest BCUT2D eigenvalue weighted by molar-refractivity contribution is 0.158. The second-order valence-electron chi connectivity index (χ2n) is 8.38. The summed E-state index contributed by atoms with van der Waals surface area (Å²) < 4.78 is 0.